The maximum Gasteiger partial charge on any atom is 0.262 e. The van der Waals surface area contributed by atoms with Gasteiger partial charge in [-0.25, -0.2) is 4.98 Å². The minimum absolute atomic E-state index is 0.136. The molecular formula is C22H25N5O3. The molecule has 0 atom stereocenters. The van der Waals surface area contributed by atoms with E-state index in [9.17, 15) is 4.79 Å². The van der Waals surface area contributed by atoms with Crippen LogP contribution in [0.4, 0.5) is 5.82 Å². The van der Waals surface area contributed by atoms with Gasteiger partial charge in [0, 0.05) is 30.8 Å². The number of rotatable bonds is 5. The zero-order chi connectivity index (χ0) is 21.5. The fourth-order valence-electron chi connectivity index (χ4n) is 3.37. The number of amides is 1. The molecule has 8 heteroatoms. The summed E-state index contributed by atoms with van der Waals surface area (Å²) in [5.74, 6) is 0.877. The molecule has 30 heavy (non-hydrogen) atoms. The average molecular weight is 407 g/mol. The maximum atomic E-state index is 13.1. The van der Waals surface area contributed by atoms with Crippen LogP contribution < -0.4 is 14.8 Å². The Morgan fingerprint density at radius 3 is 2.80 bits per heavy atom. The largest absolute Gasteiger partial charge is 0.474 e. The molecular weight excluding hydrogens is 382 g/mol. The molecule has 156 valence electrons. The molecule has 1 aliphatic heterocycles. The number of carbonyl (C=O) groups is 1. The Kier molecular flexibility index (Phi) is 4.93. The third-order valence-electron chi connectivity index (χ3n) is 4.60. The molecule has 0 unspecified atom stereocenters. The minimum atomic E-state index is -0.362. The summed E-state index contributed by atoms with van der Waals surface area (Å²) >= 11 is 0. The topological polar surface area (TPSA) is 91.2 Å². The maximum absolute atomic E-state index is 13.1. The van der Waals surface area contributed by atoms with E-state index in [-0.39, 0.29) is 23.5 Å². The van der Waals surface area contributed by atoms with E-state index >= 15 is 0 Å². The zero-order valence-electron chi connectivity index (χ0n) is 17.8. The minimum Gasteiger partial charge on any atom is -0.474 e. The van der Waals surface area contributed by atoms with Crippen molar-refractivity contribution in [3.05, 3.63) is 47.8 Å². The third-order valence-corrected chi connectivity index (χ3v) is 4.60. The number of pyridine rings is 2. The van der Waals surface area contributed by atoms with Crippen molar-refractivity contribution in [2.75, 3.05) is 5.32 Å². The van der Waals surface area contributed by atoms with Crippen LogP contribution in [0.1, 0.15) is 43.6 Å². The smallest absolute Gasteiger partial charge is 0.262 e. The predicted octanol–water partition coefficient (Wildman–Crippen LogP) is 3.63. The molecule has 4 heterocycles. The van der Waals surface area contributed by atoms with Crippen LogP contribution >= 0.6 is 0 Å². The van der Waals surface area contributed by atoms with Crippen LogP contribution in [0, 0.1) is 0 Å². The fourth-order valence-corrected chi connectivity index (χ4v) is 3.37. The number of nitrogens with zero attached hydrogens (tertiary/aromatic N) is 4. The summed E-state index contributed by atoms with van der Waals surface area (Å²) in [6.07, 6.45) is 4.14. The van der Waals surface area contributed by atoms with Crippen LogP contribution in [0.15, 0.2) is 36.7 Å². The highest BCUT2D eigenvalue weighted by Crippen LogP contribution is 2.36. The summed E-state index contributed by atoms with van der Waals surface area (Å²) < 4.78 is 13.4. The zero-order valence-corrected chi connectivity index (χ0v) is 17.8. The Morgan fingerprint density at radius 1 is 1.30 bits per heavy atom. The highest BCUT2D eigenvalue weighted by Gasteiger charge is 2.33. The first kappa shape index (κ1) is 19.9. The van der Waals surface area contributed by atoms with Crippen LogP contribution in [-0.2, 0) is 13.5 Å². The first-order chi connectivity index (χ1) is 14.2. The number of fused-ring (bicyclic) bond motifs is 1. The summed E-state index contributed by atoms with van der Waals surface area (Å²) in [6, 6.07) is 7.26. The predicted molar refractivity (Wildman–Crippen MR) is 113 cm³/mol. The standard InChI is InChI=1S/C22H25N5O3/c1-13(2)29-21-16(9-14-10-22(3,4)30-20(14)26-21)19(28)25-18-8-6-7-17(24-18)15-11-23-27(5)12-15/h6-9,11-13H,10H2,1-5H3,(H,24,25,28). The molecule has 1 aliphatic rings. The van der Waals surface area contributed by atoms with E-state index in [1.165, 1.54) is 0 Å². The van der Waals surface area contributed by atoms with Crippen molar-refractivity contribution < 1.29 is 14.3 Å². The van der Waals surface area contributed by atoms with Crippen molar-refractivity contribution in [3.8, 4) is 23.0 Å². The number of nitrogens with one attached hydrogen (secondary N) is 1. The van der Waals surface area contributed by atoms with Gasteiger partial charge in [-0.2, -0.15) is 10.1 Å². The SMILES string of the molecule is CC(C)Oc1nc2c(cc1C(=O)Nc1cccc(-c3cnn(C)c3)n1)CC(C)(C)O2. The number of hydrogen-bond acceptors (Lipinski definition) is 6. The van der Waals surface area contributed by atoms with E-state index in [4.69, 9.17) is 9.47 Å². The molecule has 0 fully saturated rings. The number of ether oxygens (including phenoxy) is 2. The van der Waals surface area contributed by atoms with Gasteiger partial charge in [0.25, 0.3) is 5.91 Å². The lowest BCUT2D eigenvalue weighted by Gasteiger charge is -2.16. The molecule has 8 nitrogen and oxygen atoms in total. The van der Waals surface area contributed by atoms with Crippen molar-refractivity contribution in [3.63, 3.8) is 0 Å². The van der Waals surface area contributed by atoms with Crippen LogP contribution in [0.25, 0.3) is 11.3 Å². The number of anilines is 1. The Morgan fingerprint density at radius 2 is 2.10 bits per heavy atom. The lowest BCUT2D eigenvalue weighted by atomic mass is 10.0. The van der Waals surface area contributed by atoms with Crippen molar-refractivity contribution >= 4 is 11.7 Å². The van der Waals surface area contributed by atoms with Gasteiger partial charge in [-0.1, -0.05) is 6.07 Å². The van der Waals surface area contributed by atoms with E-state index in [1.807, 2.05) is 53.1 Å². The van der Waals surface area contributed by atoms with Crippen molar-refractivity contribution in [1.29, 1.82) is 0 Å². The molecule has 0 saturated heterocycles. The molecule has 4 rings (SSSR count). The molecule has 0 saturated carbocycles. The normalized spacial score (nSPS) is 14.3. The molecule has 0 aliphatic carbocycles. The Balaban J connectivity index is 1.63. The van der Waals surface area contributed by atoms with Gasteiger partial charge in [0.2, 0.25) is 11.8 Å². The molecule has 0 spiro atoms. The lowest BCUT2D eigenvalue weighted by Crippen LogP contribution is -2.24. The first-order valence-electron chi connectivity index (χ1n) is 9.87. The Hall–Kier alpha value is -3.42. The van der Waals surface area contributed by atoms with Crippen molar-refractivity contribution in [2.24, 2.45) is 7.05 Å². The second-order valence-electron chi connectivity index (χ2n) is 8.28. The van der Waals surface area contributed by atoms with E-state index in [2.05, 4.69) is 20.4 Å². The molecule has 3 aromatic rings. The van der Waals surface area contributed by atoms with Gasteiger partial charge in [-0.05, 0) is 45.9 Å². The molecule has 1 amide bonds. The summed E-state index contributed by atoms with van der Waals surface area (Å²) in [5.41, 5.74) is 2.48. The second-order valence-corrected chi connectivity index (χ2v) is 8.28. The Bertz CT molecular complexity index is 1100. The highest BCUT2D eigenvalue weighted by atomic mass is 16.5. The van der Waals surface area contributed by atoms with Gasteiger partial charge in [-0.15, -0.1) is 0 Å². The van der Waals surface area contributed by atoms with Gasteiger partial charge in [0.05, 0.1) is 18.0 Å². The second kappa shape index (κ2) is 7.44. The quantitative estimate of drug-likeness (QED) is 0.694. The van der Waals surface area contributed by atoms with Crippen LogP contribution in [0.3, 0.4) is 0 Å². The van der Waals surface area contributed by atoms with Crippen molar-refractivity contribution in [2.45, 2.75) is 45.8 Å². The van der Waals surface area contributed by atoms with Gasteiger partial charge >= 0.3 is 0 Å². The summed E-state index contributed by atoms with van der Waals surface area (Å²) in [6.45, 7) is 7.76. The molecule has 0 radical (unpaired) electrons. The number of hydrogen-bond donors (Lipinski definition) is 1. The Labute approximate surface area is 175 Å². The monoisotopic (exact) mass is 407 g/mol. The first-order valence-corrected chi connectivity index (χ1v) is 9.87. The van der Waals surface area contributed by atoms with Crippen LogP contribution in [-0.4, -0.2) is 37.4 Å². The summed E-state index contributed by atoms with van der Waals surface area (Å²) in [4.78, 5) is 22.1. The third kappa shape index (κ3) is 4.12. The fraction of sp³-hybridized carbons (Fsp3) is 0.364. The van der Waals surface area contributed by atoms with E-state index < -0.39 is 0 Å². The summed E-state index contributed by atoms with van der Waals surface area (Å²) in [7, 11) is 1.84. The van der Waals surface area contributed by atoms with Gasteiger partial charge in [0.1, 0.15) is 17.0 Å². The van der Waals surface area contributed by atoms with E-state index in [0.717, 1.165) is 16.8 Å². The molecule has 3 aromatic heterocycles. The lowest BCUT2D eigenvalue weighted by molar-refractivity contribution is 0.101. The highest BCUT2D eigenvalue weighted by molar-refractivity contribution is 6.05. The number of carbonyl (C=O) groups excluding carboxylic acids is 1. The van der Waals surface area contributed by atoms with Gasteiger partial charge in [-0.3, -0.25) is 9.48 Å². The average Bonchev–Trinajstić information content (AvgIpc) is 3.22. The van der Waals surface area contributed by atoms with Crippen LogP contribution in [0.5, 0.6) is 11.8 Å². The number of aromatic nitrogens is 4. The van der Waals surface area contributed by atoms with Crippen LogP contribution in [0.2, 0.25) is 0 Å². The van der Waals surface area contributed by atoms with Gasteiger partial charge < -0.3 is 14.8 Å². The molecule has 0 aromatic carbocycles. The molecule has 0 bridgehead atoms. The van der Waals surface area contributed by atoms with Crippen molar-refractivity contribution in [1.82, 2.24) is 19.7 Å². The van der Waals surface area contributed by atoms with Gasteiger partial charge in [0.15, 0.2) is 0 Å². The molecule has 1 N–H and O–H groups in total. The van der Waals surface area contributed by atoms with E-state index in [0.29, 0.717) is 23.7 Å². The number of aryl methyl sites for hydroxylation is 1. The summed E-state index contributed by atoms with van der Waals surface area (Å²) in [5, 5.41) is 7.03. The van der Waals surface area contributed by atoms with E-state index in [1.54, 1.807) is 23.0 Å².